The van der Waals surface area contributed by atoms with Crippen molar-refractivity contribution in [3.63, 3.8) is 0 Å². The van der Waals surface area contributed by atoms with Gasteiger partial charge in [0.15, 0.2) is 0 Å². The molecule has 5 heteroatoms. The number of rotatable bonds is 3. The molecule has 1 atom stereocenters. The third-order valence-electron chi connectivity index (χ3n) is 2.99. The third kappa shape index (κ3) is 2.69. The maximum atomic E-state index is 5.90. The molecule has 1 aromatic heterocycles. The first-order chi connectivity index (χ1) is 7.29. The van der Waals surface area contributed by atoms with Gasteiger partial charge < -0.3 is 0 Å². The first-order valence-electron chi connectivity index (χ1n) is 5.41. The summed E-state index contributed by atoms with van der Waals surface area (Å²) in [4.78, 5) is 6.66. The van der Waals surface area contributed by atoms with E-state index in [1.165, 1.54) is 12.8 Å². The number of likely N-dealkylation sites (tertiary alicyclic amines) is 1. The van der Waals surface area contributed by atoms with Crippen LogP contribution in [-0.2, 0) is 13.6 Å². The summed E-state index contributed by atoms with van der Waals surface area (Å²) in [5.41, 5.74) is 0. The molecule has 0 radical (unpaired) electrons. The second kappa shape index (κ2) is 4.94. The van der Waals surface area contributed by atoms with Crippen molar-refractivity contribution < 1.29 is 0 Å². The van der Waals surface area contributed by atoms with E-state index < -0.39 is 0 Å². The molecule has 0 N–H and O–H groups in total. The summed E-state index contributed by atoms with van der Waals surface area (Å²) in [6, 6.07) is 0. The number of piperidine rings is 1. The fourth-order valence-electron chi connectivity index (χ4n) is 2.08. The van der Waals surface area contributed by atoms with Crippen molar-refractivity contribution in [2.45, 2.75) is 19.4 Å². The Morgan fingerprint density at radius 2 is 2.47 bits per heavy atom. The van der Waals surface area contributed by atoms with Crippen LogP contribution in [0, 0.1) is 5.92 Å². The van der Waals surface area contributed by atoms with Gasteiger partial charge >= 0.3 is 0 Å². The Balaban J connectivity index is 1.92. The lowest BCUT2D eigenvalue weighted by molar-refractivity contribution is 0.172. The van der Waals surface area contributed by atoms with E-state index in [4.69, 9.17) is 11.6 Å². The van der Waals surface area contributed by atoms with E-state index in [0.29, 0.717) is 5.92 Å². The number of aryl methyl sites for hydroxylation is 1. The van der Waals surface area contributed by atoms with Crippen LogP contribution in [0.3, 0.4) is 0 Å². The van der Waals surface area contributed by atoms with Gasteiger partial charge in [0.1, 0.15) is 12.2 Å². The van der Waals surface area contributed by atoms with Gasteiger partial charge in [0.25, 0.3) is 0 Å². The zero-order valence-corrected chi connectivity index (χ0v) is 9.82. The van der Waals surface area contributed by atoms with E-state index in [2.05, 4.69) is 15.0 Å². The lowest BCUT2D eigenvalue weighted by Crippen LogP contribution is -2.36. The molecule has 1 saturated heterocycles. The van der Waals surface area contributed by atoms with E-state index >= 15 is 0 Å². The van der Waals surface area contributed by atoms with Crippen LogP contribution in [0.2, 0.25) is 0 Å². The lowest BCUT2D eigenvalue weighted by Gasteiger charge is -2.31. The normalized spacial score (nSPS) is 23.2. The zero-order chi connectivity index (χ0) is 10.7. The molecule has 0 bridgehead atoms. The molecule has 0 saturated carbocycles. The molecule has 1 aliphatic heterocycles. The predicted octanol–water partition coefficient (Wildman–Crippen LogP) is 1.27. The van der Waals surface area contributed by atoms with Crippen LogP contribution in [0.5, 0.6) is 0 Å². The van der Waals surface area contributed by atoms with E-state index in [1.807, 2.05) is 11.7 Å². The van der Waals surface area contributed by atoms with Crippen LogP contribution in [0.25, 0.3) is 0 Å². The molecule has 1 aromatic rings. The summed E-state index contributed by atoms with van der Waals surface area (Å²) < 4.78 is 1.84. The first-order valence-corrected chi connectivity index (χ1v) is 5.94. The molecule has 1 aliphatic rings. The molecule has 4 nitrogen and oxygen atoms in total. The molecule has 15 heavy (non-hydrogen) atoms. The highest BCUT2D eigenvalue weighted by molar-refractivity contribution is 6.18. The average molecular weight is 229 g/mol. The molecule has 2 rings (SSSR count). The zero-order valence-electron chi connectivity index (χ0n) is 9.06. The molecule has 2 heterocycles. The van der Waals surface area contributed by atoms with Crippen LogP contribution in [0.15, 0.2) is 6.33 Å². The highest BCUT2D eigenvalue weighted by Crippen LogP contribution is 2.18. The molecule has 84 valence electrons. The Kier molecular flexibility index (Phi) is 3.59. The predicted molar refractivity (Wildman–Crippen MR) is 59.7 cm³/mol. The van der Waals surface area contributed by atoms with Gasteiger partial charge in [0.05, 0.1) is 6.54 Å². The van der Waals surface area contributed by atoms with Crippen LogP contribution in [0.1, 0.15) is 18.7 Å². The Hall–Kier alpha value is -0.610. The molecule has 1 unspecified atom stereocenters. The number of aromatic nitrogens is 3. The van der Waals surface area contributed by atoms with Gasteiger partial charge in [-0.2, -0.15) is 5.10 Å². The minimum atomic E-state index is 0.647. The second-order valence-electron chi connectivity index (χ2n) is 4.20. The van der Waals surface area contributed by atoms with Crippen LogP contribution >= 0.6 is 11.6 Å². The number of hydrogen-bond acceptors (Lipinski definition) is 3. The van der Waals surface area contributed by atoms with Crippen molar-refractivity contribution in [2.75, 3.05) is 19.0 Å². The summed E-state index contributed by atoms with van der Waals surface area (Å²) >= 11 is 5.90. The van der Waals surface area contributed by atoms with E-state index in [1.54, 1.807) is 6.33 Å². The summed E-state index contributed by atoms with van der Waals surface area (Å²) in [5, 5.41) is 4.07. The maximum Gasteiger partial charge on any atom is 0.140 e. The highest BCUT2D eigenvalue weighted by atomic mass is 35.5. The molecule has 0 amide bonds. The van der Waals surface area contributed by atoms with E-state index in [9.17, 15) is 0 Å². The van der Waals surface area contributed by atoms with Crippen molar-refractivity contribution in [3.8, 4) is 0 Å². The monoisotopic (exact) mass is 228 g/mol. The third-order valence-corrected chi connectivity index (χ3v) is 3.43. The molecule has 0 aliphatic carbocycles. The van der Waals surface area contributed by atoms with E-state index in [0.717, 1.165) is 31.3 Å². The maximum absolute atomic E-state index is 5.90. The minimum Gasteiger partial charge on any atom is -0.296 e. The molecule has 0 spiro atoms. The molecule has 0 aromatic carbocycles. The largest absolute Gasteiger partial charge is 0.296 e. The second-order valence-corrected chi connectivity index (χ2v) is 4.51. The van der Waals surface area contributed by atoms with Crippen molar-refractivity contribution in [1.29, 1.82) is 0 Å². The van der Waals surface area contributed by atoms with E-state index in [-0.39, 0.29) is 0 Å². The molecular weight excluding hydrogens is 212 g/mol. The fraction of sp³-hybridized carbons (Fsp3) is 0.800. The number of alkyl halides is 1. The summed E-state index contributed by atoms with van der Waals surface area (Å²) in [6.07, 6.45) is 4.12. The van der Waals surface area contributed by atoms with Crippen molar-refractivity contribution in [3.05, 3.63) is 12.2 Å². The Bertz CT molecular complexity index is 312. The summed E-state index contributed by atoms with van der Waals surface area (Å²) in [7, 11) is 1.94. The molecular formula is C10H17ClN4. The van der Waals surface area contributed by atoms with Gasteiger partial charge in [-0.3, -0.25) is 9.58 Å². The lowest BCUT2D eigenvalue weighted by atomic mass is 10.0. The smallest absolute Gasteiger partial charge is 0.140 e. The quantitative estimate of drug-likeness (QED) is 0.731. The van der Waals surface area contributed by atoms with Crippen molar-refractivity contribution in [2.24, 2.45) is 13.0 Å². The van der Waals surface area contributed by atoms with Gasteiger partial charge in [-0.05, 0) is 25.3 Å². The van der Waals surface area contributed by atoms with Gasteiger partial charge in [-0.1, -0.05) is 0 Å². The Morgan fingerprint density at radius 1 is 1.60 bits per heavy atom. The minimum absolute atomic E-state index is 0.647. The van der Waals surface area contributed by atoms with Crippen LogP contribution in [0.4, 0.5) is 0 Å². The van der Waals surface area contributed by atoms with Gasteiger partial charge in [0, 0.05) is 19.5 Å². The number of nitrogens with zero attached hydrogens (tertiary/aromatic N) is 4. The van der Waals surface area contributed by atoms with Gasteiger partial charge in [-0.25, -0.2) is 4.98 Å². The topological polar surface area (TPSA) is 34.0 Å². The average Bonchev–Trinajstić information content (AvgIpc) is 2.65. The van der Waals surface area contributed by atoms with Gasteiger partial charge in [-0.15, -0.1) is 11.6 Å². The summed E-state index contributed by atoms with van der Waals surface area (Å²) in [6.45, 7) is 3.14. The number of hydrogen-bond donors (Lipinski definition) is 0. The van der Waals surface area contributed by atoms with Crippen molar-refractivity contribution >= 4 is 11.6 Å². The van der Waals surface area contributed by atoms with Gasteiger partial charge in [0.2, 0.25) is 0 Å². The standard InChI is InChI=1S/C10H17ClN4/c1-14-10(12-8-13-14)7-15-4-2-3-9(5-11)6-15/h8-9H,2-7H2,1H3. The van der Waals surface area contributed by atoms with Crippen LogP contribution in [-0.4, -0.2) is 38.6 Å². The Labute approximate surface area is 95.2 Å². The van der Waals surface area contributed by atoms with Crippen LogP contribution < -0.4 is 0 Å². The van der Waals surface area contributed by atoms with Crippen molar-refractivity contribution in [1.82, 2.24) is 19.7 Å². The first kappa shape index (κ1) is 10.9. The fourth-order valence-corrected chi connectivity index (χ4v) is 2.34. The SMILES string of the molecule is Cn1ncnc1CN1CCCC(CCl)C1. The number of halogens is 1. The Morgan fingerprint density at radius 3 is 3.13 bits per heavy atom. The summed E-state index contributed by atoms with van der Waals surface area (Å²) in [5.74, 6) is 2.45. The highest BCUT2D eigenvalue weighted by Gasteiger charge is 2.20. The molecule has 1 fully saturated rings.